The predicted octanol–water partition coefficient (Wildman–Crippen LogP) is 0.537. The van der Waals surface area contributed by atoms with Crippen molar-refractivity contribution in [2.24, 2.45) is 0 Å². The summed E-state index contributed by atoms with van der Waals surface area (Å²) in [7, 11) is 1.84. The molecule has 1 amide bonds. The minimum Gasteiger partial charge on any atom is -0.373 e. The highest BCUT2D eigenvalue weighted by atomic mass is 16.2. The number of hydrogen-bond acceptors (Lipinski definition) is 5. The van der Waals surface area contributed by atoms with E-state index in [1.807, 2.05) is 33.9 Å². The van der Waals surface area contributed by atoms with Gasteiger partial charge in [0.15, 0.2) is 0 Å². The molecule has 0 radical (unpaired) electrons. The zero-order chi connectivity index (χ0) is 14.0. The Morgan fingerprint density at radius 3 is 2.89 bits per heavy atom. The quantitative estimate of drug-likeness (QED) is 0.833. The van der Waals surface area contributed by atoms with Crippen LogP contribution >= 0.6 is 0 Å². The Balaban J connectivity index is 2.20. The maximum Gasteiger partial charge on any atom is 0.240 e. The number of nitrogens with one attached hydrogen (secondary N) is 2. The molecule has 1 aromatic heterocycles. The second kappa shape index (κ2) is 5.13. The maximum absolute atomic E-state index is 11.9. The third-order valence-electron chi connectivity index (χ3n) is 3.50. The molecule has 0 atom stereocenters. The molecular formula is C13H21N5O. The molecule has 1 aliphatic heterocycles. The average molecular weight is 263 g/mol. The van der Waals surface area contributed by atoms with E-state index in [2.05, 4.69) is 25.5 Å². The highest BCUT2D eigenvalue weighted by molar-refractivity contribution is 5.86. The van der Waals surface area contributed by atoms with Crippen molar-refractivity contribution >= 4 is 11.7 Å². The second-order valence-corrected chi connectivity index (χ2v) is 5.30. The number of carbonyl (C=O) groups excluding carboxylic acids is 1. The minimum atomic E-state index is -0.523. The van der Waals surface area contributed by atoms with Crippen molar-refractivity contribution in [3.8, 4) is 0 Å². The zero-order valence-corrected chi connectivity index (χ0v) is 11.9. The van der Waals surface area contributed by atoms with Gasteiger partial charge in [0.25, 0.3) is 0 Å². The number of nitrogens with zero attached hydrogens (tertiary/aromatic N) is 3. The number of aryl methyl sites for hydroxylation is 1. The first-order valence-electron chi connectivity index (χ1n) is 6.49. The number of hydrogen-bond donors (Lipinski definition) is 2. The summed E-state index contributed by atoms with van der Waals surface area (Å²) in [4.78, 5) is 22.9. The van der Waals surface area contributed by atoms with Gasteiger partial charge in [-0.05, 0) is 20.8 Å². The molecular weight excluding hydrogens is 242 g/mol. The Bertz CT molecular complexity index is 486. The van der Waals surface area contributed by atoms with Crippen LogP contribution in [0, 0.1) is 6.92 Å². The van der Waals surface area contributed by atoms with E-state index in [4.69, 9.17) is 0 Å². The van der Waals surface area contributed by atoms with Gasteiger partial charge >= 0.3 is 0 Å². The average Bonchev–Trinajstić information content (AvgIpc) is 2.35. The predicted molar refractivity (Wildman–Crippen MR) is 73.8 cm³/mol. The molecule has 2 N–H and O–H groups in total. The van der Waals surface area contributed by atoms with E-state index >= 15 is 0 Å². The molecule has 2 heterocycles. The van der Waals surface area contributed by atoms with Gasteiger partial charge in [0.2, 0.25) is 5.91 Å². The van der Waals surface area contributed by atoms with Crippen LogP contribution in [-0.4, -0.2) is 46.5 Å². The first-order valence-corrected chi connectivity index (χ1v) is 6.49. The summed E-state index contributed by atoms with van der Waals surface area (Å²) >= 11 is 0. The Morgan fingerprint density at radius 1 is 1.47 bits per heavy atom. The lowest BCUT2D eigenvalue weighted by atomic mass is 9.99. The number of rotatable bonds is 3. The van der Waals surface area contributed by atoms with E-state index in [0.717, 1.165) is 23.9 Å². The largest absolute Gasteiger partial charge is 0.373 e. The van der Waals surface area contributed by atoms with Gasteiger partial charge in [-0.3, -0.25) is 9.69 Å². The van der Waals surface area contributed by atoms with Crippen molar-refractivity contribution in [1.29, 1.82) is 0 Å². The molecule has 104 valence electrons. The van der Waals surface area contributed by atoms with Crippen molar-refractivity contribution in [1.82, 2.24) is 20.2 Å². The van der Waals surface area contributed by atoms with Crippen LogP contribution in [0.3, 0.4) is 0 Å². The molecule has 1 aliphatic rings. The SMILES string of the molecule is CNc1cc(C)nc(CN2CCNC(=O)C2(C)C)n1. The maximum atomic E-state index is 11.9. The molecule has 1 aromatic rings. The smallest absolute Gasteiger partial charge is 0.240 e. The van der Waals surface area contributed by atoms with Gasteiger partial charge in [0, 0.05) is 31.9 Å². The van der Waals surface area contributed by atoms with Crippen molar-refractivity contribution < 1.29 is 4.79 Å². The summed E-state index contributed by atoms with van der Waals surface area (Å²) in [5, 5.41) is 5.91. The third-order valence-corrected chi connectivity index (χ3v) is 3.50. The van der Waals surface area contributed by atoms with Gasteiger partial charge in [-0.2, -0.15) is 0 Å². The Morgan fingerprint density at radius 2 is 2.21 bits per heavy atom. The van der Waals surface area contributed by atoms with Crippen molar-refractivity contribution in [2.75, 3.05) is 25.5 Å². The number of aromatic nitrogens is 2. The highest BCUT2D eigenvalue weighted by Gasteiger charge is 2.37. The molecule has 0 spiro atoms. The highest BCUT2D eigenvalue weighted by Crippen LogP contribution is 2.20. The van der Waals surface area contributed by atoms with E-state index in [9.17, 15) is 4.79 Å². The van der Waals surface area contributed by atoms with Crippen molar-refractivity contribution in [3.63, 3.8) is 0 Å². The standard InChI is InChI=1S/C13H21N5O/c1-9-7-10(14-4)17-11(16-9)8-18-6-5-15-12(19)13(18,2)3/h7H,5-6,8H2,1-4H3,(H,15,19)(H,14,16,17). The fraction of sp³-hybridized carbons (Fsp3) is 0.615. The van der Waals surface area contributed by atoms with E-state index in [0.29, 0.717) is 13.1 Å². The summed E-state index contributed by atoms with van der Waals surface area (Å²) in [6.45, 7) is 7.86. The fourth-order valence-electron chi connectivity index (χ4n) is 2.22. The Kier molecular flexibility index (Phi) is 3.71. The molecule has 6 heteroatoms. The molecule has 0 saturated carbocycles. The van der Waals surface area contributed by atoms with E-state index in [1.54, 1.807) is 0 Å². The Hall–Kier alpha value is -1.69. The van der Waals surface area contributed by atoms with E-state index < -0.39 is 5.54 Å². The van der Waals surface area contributed by atoms with Crippen LogP contribution in [0.15, 0.2) is 6.07 Å². The number of anilines is 1. The van der Waals surface area contributed by atoms with Gasteiger partial charge in [-0.1, -0.05) is 0 Å². The van der Waals surface area contributed by atoms with Crippen LogP contribution in [-0.2, 0) is 11.3 Å². The van der Waals surface area contributed by atoms with Gasteiger partial charge in [-0.15, -0.1) is 0 Å². The van der Waals surface area contributed by atoms with Gasteiger partial charge in [-0.25, -0.2) is 9.97 Å². The number of piperazine rings is 1. The topological polar surface area (TPSA) is 70.2 Å². The van der Waals surface area contributed by atoms with Crippen LogP contribution in [0.1, 0.15) is 25.4 Å². The van der Waals surface area contributed by atoms with Gasteiger partial charge in [0.1, 0.15) is 11.6 Å². The molecule has 19 heavy (non-hydrogen) atoms. The monoisotopic (exact) mass is 263 g/mol. The van der Waals surface area contributed by atoms with Crippen molar-refractivity contribution in [2.45, 2.75) is 32.9 Å². The first kappa shape index (κ1) is 13.7. The third kappa shape index (κ3) is 2.84. The molecule has 0 unspecified atom stereocenters. The van der Waals surface area contributed by atoms with Crippen LogP contribution in [0.2, 0.25) is 0 Å². The fourth-order valence-corrected chi connectivity index (χ4v) is 2.22. The second-order valence-electron chi connectivity index (χ2n) is 5.30. The van der Waals surface area contributed by atoms with E-state index in [1.165, 1.54) is 0 Å². The minimum absolute atomic E-state index is 0.0558. The van der Waals surface area contributed by atoms with Crippen LogP contribution < -0.4 is 10.6 Å². The van der Waals surface area contributed by atoms with Crippen LogP contribution in [0.25, 0.3) is 0 Å². The summed E-state index contributed by atoms with van der Waals surface area (Å²) in [6.07, 6.45) is 0. The van der Waals surface area contributed by atoms with Gasteiger partial charge < -0.3 is 10.6 Å². The molecule has 0 aromatic carbocycles. The molecule has 0 bridgehead atoms. The molecule has 0 aliphatic carbocycles. The number of carbonyl (C=O) groups is 1. The molecule has 2 rings (SSSR count). The van der Waals surface area contributed by atoms with Crippen LogP contribution in [0.5, 0.6) is 0 Å². The first-order chi connectivity index (χ1) is 8.93. The van der Waals surface area contributed by atoms with Crippen LogP contribution in [0.4, 0.5) is 5.82 Å². The lowest BCUT2D eigenvalue weighted by Gasteiger charge is -2.40. The Labute approximate surface area is 113 Å². The zero-order valence-electron chi connectivity index (χ0n) is 11.9. The summed E-state index contributed by atoms with van der Waals surface area (Å²) in [5.41, 5.74) is 0.402. The lowest BCUT2D eigenvalue weighted by molar-refractivity contribution is -0.135. The summed E-state index contributed by atoms with van der Waals surface area (Å²) < 4.78 is 0. The number of amides is 1. The molecule has 6 nitrogen and oxygen atoms in total. The summed E-state index contributed by atoms with van der Waals surface area (Å²) in [6, 6.07) is 1.90. The summed E-state index contributed by atoms with van der Waals surface area (Å²) in [5.74, 6) is 1.61. The van der Waals surface area contributed by atoms with E-state index in [-0.39, 0.29) is 5.91 Å². The molecule has 1 saturated heterocycles. The van der Waals surface area contributed by atoms with Gasteiger partial charge in [0.05, 0.1) is 12.1 Å². The molecule has 1 fully saturated rings. The van der Waals surface area contributed by atoms with Crippen molar-refractivity contribution in [3.05, 3.63) is 17.6 Å². The lowest BCUT2D eigenvalue weighted by Crippen LogP contribution is -2.61. The normalized spacial score (nSPS) is 19.1.